The second-order valence-electron chi connectivity index (χ2n) is 9.27. The predicted octanol–water partition coefficient (Wildman–Crippen LogP) is 5.50. The van der Waals surface area contributed by atoms with E-state index >= 15 is 0 Å². The minimum atomic E-state index is -4.40. The van der Waals surface area contributed by atoms with Crippen LogP contribution in [0, 0.1) is 0 Å². The summed E-state index contributed by atoms with van der Waals surface area (Å²) in [5.41, 5.74) is 8.57. The van der Waals surface area contributed by atoms with E-state index in [2.05, 4.69) is 26.4 Å². The minimum Gasteiger partial charge on any atom is -0.457 e. The first-order valence-corrected chi connectivity index (χ1v) is 11.6. The summed E-state index contributed by atoms with van der Waals surface area (Å²) in [6.07, 6.45) is -0.348. The van der Waals surface area contributed by atoms with E-state index < -0.39 is 17.3 Å². The predicted molar refractivity (Wildman–Crippen MR) is 134 cm³/mol. The van der Waals surface area contributed by atoms with Gasteiger partial charge in [-0.2, -0.15) is 13.2 Å². The molecule has 3 heterocycles. The van der Waals surface area contributed by atoms with Crippen LogP contribution in [0.15, 0.2) is 67.5 Å². The van der Waals surface area contributed by atoms with Gasteiger partial charge in [0.05, 0.1) is 16.5 Å². The molecule has 0 aliphatic carbocycles. The molecule has 1 aliphatic rings. The maximum absolute atomic E-state index is 12.8. The molecular weight excluding hydrogens is 483 g/mol. The molecule has 1 atom stereocenters. The Kier molecular flexibility index (Phi) is 5.89. The van der Waals surface area contributed by atoms with Crippen molar-refractivity contribution in [3.63, 3.8) is 0 Å². The van der Waals surface area contributed by atoms with Crippen molar-refractivity contribution in [3.05, 3.63) is 78.8 Å². The van der Waals surface area contributed by atoms with Crippen LogP contribution in [0.5, 0.6) is 11.5 Å². The SMILES string of the molecule is C=CC(=O)N[C@@]1(C)CCc2c(-c3ccc(Oc4ccc(C(F)(F)F)cc4)cc3)c3c(N)ncnc3n2C1. The summed E-state index contributed by atoms with van der Waals surface area (Å²) >= 11 is 0. The molecule has 3 N–H and O–H groups in total. The van der Waals surface area contributed by atoms with E-state index in [-0.39, 0.29) is 5.91 Å². The van der Waals surface area contributed by atoms with Crippen molar-refractivity contribution in [3.8, 4) is 22.6 Å². The second-order valence-corrected chi connectivity index (χ2v) is 9.27. The average Bonchev–Trinajstić information content (AvgIpc) is 3.18. The first kappa shape index (κ1) is 24.4. The van der Waals surface area contributed by atoms with Crippen molar-refractivity contribution < 1.29 is 22.7 Å². The fourth-order valence-electron chi connectivity index (χ4n) is 4.79. The standard InChI is InChI=1S/C27H24F3N5O2/c1-3-21(36)34-26(2)13-12-20-22(23-24(31)32-15-33-25(23)35(20)14-26)16-4-8-18(9-5-16)37-19-10-6-17(7-11-19)27(28,29)30/h3-11,15H,1,12-14H2,2H3,(H,34,36)(H2,31,32,33)/t26-/m0/s1. The Morgan fingerprint density at radius 1 is 1.14 bits per heavy atom. The maximum Gasteiger partial charge on any atom is 0.416 e. The number of nitrogens with two attached hydrogens (primary N) is 1. The lowest BCUT2D eigenvalue weighted by Gasteiger charge is -2.36. The Labute approximate surface area is 210 Å². The number of nitrogen functional groups attached to an aromatic ring is 1. The average molecular weight is 508 g/mol. The number of anilines is 1. The Hall–Kier alpha value is -4.34. The molecule has 190 valence electrons. The van der Waals surface area contributed by atoms with Crippen LogP contribution in [-0.2, 0) is 23.9 Å². The van der Waals surface area contributed by atoms with Crippen molar-refractivity contribution >= 4 is 22.8 Å². The molecule has 0 bridgehead atoms. The van der Waals surface area contributed by atoms with E-state index in [0.29, 0.717) is 42.4 Å². The summed E-state index contributed by atoms with van der Waals surface area (Å²) in [5, 5.41) is 3.75. The third-order valence-electron chi connectivity index (χ3n) is 6.57. The molecule has 5 rings (SSSR count). The molecule has 7 nitrogen and oxygen atoms in total. The molecule has 2 aromatic carbocycles. The van der Waals surface area contributed by atoms with Crippen LogP contribution in [0.4, 0.5) is 19.0 Å². The number of alkyl halides is 3. The minimum absolute atomic E-state index is 0.236. The Morgan fingerprint density at radius 2 is 1.78 bits per heavy atom. The van der Waals surface area contributed by atoms with Gasteiger partial charge < -0.3 is 20.4 Å². The molecule has 0 spiro atoms. The van der Waals surface area contributed by atoms with Crippen LogP contribution in [0.3, 0.4) is 0 Å². The number of carbonyl (C=O) groups excluding carboxylic acids is 1. The summed E-state index contributed by atoms with van der Waals surface area (Å²) in [6, 6.07) is 11.8. The number of amides is 1. The number of hydrogen-bond donors (Lipinski definition) is 2. The topological polar surface area (TPSA) is 95.1 Å². The summed E-state index contributed by atoms with van der Waals surface area (Å²) in [6.45, 7) is 6.03. The number of ether oxygens (including phenoxy) is 1. The molecule has 2 aromatic heterocycles. The highest BCUT2D eigenvalue weighted by Gasteiger charge is 2.35. The molecule has 0 saturated carbocycles. The molecular formula is C27H24F3N5O2. The number of nitrogens with zero attached hydrogens (tertiary/aromatic N) is 3. The van der Waals surface area contributed by atoms with Gasteiger partial charge in [0.1, 0.15) is 29.3 Å². The first-order valence-electron chi connectivity index (χ1n) is 11.6. The Bertz CT molecular complexity index is 1490. The fourth-order valence-corrected chi connectivity index (χ4v) is 4.79. The van der Waals surface area contributed by atoms with E-state index in [9.17, 15) is 18.0 Å². The second kappa shape index (κ2) is 8.95. The monoisotopic (exact) mass is 507 g/mol. The van der Waals surface area contributed by atoms with Gasteiger partial charge in [0.25, 0.3) is 0 Å². The smallest absolute Gasteiger partial charge is 0.416 e. The number of halogens is 3. The molecule has 0 fully saturated rings. The fraction of sp³-hybridized carbons (Fsp3) is 0.222. The molecule has 1 amide bonds. The van der Waals surface area contributed by atoms with Gasteiger partial charge in [0.15, 0.2) is 0 Å². The Balaban J connectivity index is 1.48. The maximum atomic E-state index is 12.8. The van der Waals surface area contributed by atoms with Gasteiger partial charge >= 0.3 is 6.18 Å². The van der Waals surface area contributed by atoms with Crippen LogP contribution >= 0.6 is 0 Å². The van der Waals surface area contributed by atoms with Crippen molar-refractivity contribution in [1.82, 2.24) is 19.9 Å². The van der Waals surface area contributed by atoms with Crippen LogP contribution < -0.4 is 15.8 Å². The van der Waals surface area contributed by atoms with E-state index in [4.69, 9.17) is 10.5 Å². The quantitative estimate of drug-likeness (QED) is 0.348. The number of rotatable bonds is 5. The third kappa shape index (κ3) is 4.62. The molecule has 4 aromatic rings. The zero-order valence-corrected chi connectivity index (χ0v) is 20.0. The number of carbonyl (C=O) groups is 1. The molecule has 0 saturated heterocycles. The molecule has 10 heteroatoms. The summed E-state index contributed by atoms with van der Waals surface area (Å²) in [4.78, 5) is 20.7. The van der Waals surface area contributed by atoms with E-state index in [1.165, 1.54) is 24.5 Å². The third-order valence-corrected chi connectivity index (χ3v) is 6.57. The largest absolute Gasteiger partial charge is 0.457 e. The van der Waals surface area contributed by atoms with Gasteiger partial charge in [-0.25, -0.2) is 9.97 Å². The van der Waals surface area contributed by atoms with Gasteiger partial charge in [0.2, 0.25) is 5.91 Å². The van der Waals surface area contributed by atoms with Gasteiger partial charge in [0, 0.05) is 17.8 Å². The van der Waals surface area contributed by atoms with Gasteiger partial charge in [-0.1, -0.05) is 18.7 Å². The number of benzene rings is 2. The van der Waals surface area contributed by atoms with Crippen molar-refractivity contribution in [2.45, 2.75) is 38.0 Å². The highest BCUT2D eigenvalue weighted by Crippen LogP contribution is 2.41. The number of aromatic nitrogens is 3. The number of nitrogens with one attached hydrogen (secondary N) is 1. The van der Waals surface area contributed by atoms with Crippen molar-refractivity contribution in [2.24, 2.45) is 0 Å². The van der Waals surface area contributed by atoms with Crippen molar-refractivity contribution in [2.75, 3.05) is 5.73 Å². The zero-order chi connectivity index (χ0) is 26.4. The van der Waals surface area contributed by atoms with E-state index in [0.717, 1.165) is 34.3 Å². The van der Waals surface area contributed by atoms with Crippen molar-refractivity contribution in [1.29, 1.82) is 0 Å². The summed E-state index contributed by atoms with van der Waals surface area (Å²) in [7, 11) is 0. The highest BCUT2D eigenvalue weighted by molar-refractivity contribution is 6.02. The van der Waals surface area contributed by atoms with Crippen LogP contribution in [0.1, 0.15) is 24.6 Å². The Morgan fingerprint density at radius 3 is 2.41 bits per heavy atom. The van der Waals surface area contributed by atoms with Gasteiger partial charge in [-0.3, -0.25) is 4.79 Å². The number of fused-ring (bicyclic) bond motifs is 3. The summed E-state index contributed by atoms with van der Waals surface area (Å²) < 4.78 is 46.3. The lowest BCUT2D eigenvalue weighted by molar-refractivity contribution is -0.137. The number of hydrogen-bond acceptors (Lipinski definition) is 5. The van der Waals surface area contributed by atoms with E-state index in [1.54, 1.807) is 12.1 Å². The van der Waals surface area contributed by atoms with Crippen LogP contribution in [-0.4, -0.2) is 26.0 Å². The van der Waals surface area contributed by atoms with Gasteiger partial charge in [-0.05, 0) is 67.8 Å². The highest BCUT2D eigenvalue weighted by atomic mass is 19.4. The molecule has 1 aliphatic heterocycles. The lowest BCUT2D eigenvalue weighted by Crippen LogP contribution is -2.51. The van der Waals surface area contributed by atoms with E-state index in [1.807, 2.05) is 19.1 Å². The first-order chi connectivity index (χ1) is 17.6. The summed E-state index contributed by atoms with van der Waals surface area (Å²) in [5.74, 6) is 0.889. The van der Waals surface area contributed by atoms with Crippen LogP contribution in [0.2, 0.25) is 0 Å². The molecule has 37 heavy (non-hydrogen) atoms. The normalized spacial score (nSPS) is 17.3. The molecule has 0 unspecified atom stereocenters. The molecule has 0 radical (unpaired) electrons. The van der Waals surface area contributed by atoms with Gasteiger partial charge in [-0.15, -0.1) is 0 Å². The van der Waals surface area contributed by atoms with Crippen LogP contribution in [0.25, 0.3) is 22.2 Å². The zero-order valence-electron chi connectivity index (χ0n) is 20.0. The lowest BCUT2D eigenvalue weighted by atomic mass is 9.89.